The minimum Gasteiger partial charge on any atom is -0.423 e. The number of benzene rings is 8. The molecule has 0 atom stereocenters. The van der Waals surface area contributed by atoms with Crippen molar-refractivity contribution in [2.24, 2.45) is 0 Å². The summed E-state index contributed by atoms with van der Waals surface area (Å²) < 4.78 is 3.77. The molecule has 0 saturated carbocycles. The fraction of sp³-hybridized carbons (Fsp3) is 0. The molecule has 2 N–H and O–H groups in total. The third-order valence-corrected chi connectivity index (χ3v) is 17.0. The summed E-state index contributed by atoms with van der Waals surface area (Å²) in [6.07, 6.45) is 0. The zero-order valence-electron chi connectivity index (χ0n) is 35.9. The topological polar surface area (TPSA) is 46.9 Å². The summed E-state index contributed by atoms with van der Waals surface area (Å²) in [5.41, 5.74) is 10.7. The maximum atomic E-state index is 8.95. The quantitative estimate of drug-likeness (QED) is 0.162. The Morgan fingerprint density at radius 3 is 1.12 bits per heavy atom. The summed E-state index contributed by atoms with van der Waals surface area (Å²) >= 11 is 17.9. The third-order valence-electron chi connectivity index (χ3n) is 11.0. The first kappa shape index (κ1) is 46.6. The number of halogens is 3. The van der Waals surface area contributed by atoms with Crippen molar-refractivity contribution in [2.45, 2.75) is 19.6 Å². The first-order valence-electron chi connectivity index (χ1n) is 21.5. The molecule has 0 amide bonds. The van der Waals surface area contributed by atoms with Crippen LogP contribution in [0.3, 0.4) is 0 Å². The number of rotatable bonds is 6. The van der Waals surface area contributed by atoms with Gasteiger partial charge in [-0.3, -0.25) is 0 Å². The summed E-state index contributed by atoms with van der Waals surface area (Å²) in [6, 6.07) is 75.9. The number of hydrogen-bond donors (Lipinski definition) is 2. The maximum Gasteiger partial charge on any atom is 0.499 e. The van der Waals surface area contributed by atoms with Crippen LogP contribution in [0.4, 0.5) is 34.1 Å². The second-order valence-electron chi connectivity index (χ2n) is 15.5. The number of fused-ring (bicyclic) bond motifs is 4. The number of thiophene rings is 2. The molecule has 10 aromatic rings. The highest BCUT2D eigenvalue weighted by molar-refractivity contribution is 9.11. The monoisotopic (exact) mass is 1150 g/mol. The number of anilines is 6. The molecule has 2 aliphatic heterocycles. The van der Waals surface area contributed by atoms with E-state index in [0.29, 0.717) is 4.78 Å². The van der Waals surface area contributed by atoms with E-state index < -0.39 is 7.12 Å². The van der Waals surface area contributed by atoms with Crippen LogP contribution in [0.25, 0.3) is 31.3 Å². The molecule has 0 aliphatic carbocycles. The lowest BCUT2D eigenvalue weighted by Crippen LogP contribution is -2.26. The Balaban J connectivity index is 0.000000129. The second kappa shape index (κ2) is 21.3. The van der Waals surface area contributed by atoms with Crippen LogP contribution in [0.5, 0.6) is 0 Å². The molecule has 12 heteroatoms. The van der Waals surface area contributed by atoms with Gasteiger partial charge in [-0.25, -0.2) is 0 Å². The zero-order chi connectivity index (χ0) is 46.6. The van der Waals surface area contributed by atoms with E-state index in [9.17, 15) is 0 Å². The van der Waals surface area contributed by atoms with Crippen LogP contribution in [0.1, 0.15) is 0 Å². The lowest BCUT2D eigenvalue weighted by Gasteiger charge is -2.33. The van der Waals surface area contributed by atoms with Gasteiger partial charge in [-0.15, -0.1) is 22.7 Å². The highest BCUT2D eigenvalue weighted by Crippen LogP contribution is 2.53. The molecule has 332 valence electrons. The van der Waals surface area contributed by atoms with Gasteiger partial charge in [-0.2, -0.15) is 0 Å². The summed E-state index contributed by atoms with van der Waals surface area (Å²) in [5.74, 6) is 0. The predicted octanol–water partition coefficient (Wildman–Crippen LogP) is 18.0. The zero-order valence-corrected chi connectivity index (χ0v) is 43.9. The molecule has 68 heavy (non-hydrogen) atoms. The summed E-state index contributed by atoms with van der Waals surface area (Å²) in [5, 5.41) is 17.9. The molecule has 12 rings (SSSR count). The minimum atomic E-state index is -1.36. The first-order valence-corrected chi connectivity index (χ1v) is 27.2. The van der Waals surface area contributed by atoms with E-state index in [1.807, 2.05) is 71.3 Å². The van der Waals surface area contributed by atoms with Gasteiger partial charge in [0.25, 0.3) is 0 Å². The SMILES string of the molecule is Brc1cc(-c2ccc(-c3ccccc3)s2)cc(N2c3ccccc3Sc3ccccc32)c1.Brc1cc(Br)cc(N2c3ccccc3Sc3ccccc32)c1.OB(O)c1ccc(-c2ccccc2)s1. The normalized spacial score (nSPS) is 12.0. The van der Waals surface area contributed by atoms with E-state index >= 15 is 0 Å². The summed E-state index contributed by atoms with van der Waals surface area (Å²) in [4.78, 5) is 13.4. The van der Waals surface area contributed by atoms with Crippen LogP contribution in [0.15, 0.2) is 251 Å². The van der Waals surface area contributed by atoms with E-state index in [0.717, 1.165) is 35.2 Å². The Morgan fingerprint density at radius 2 is 0.691 bits per heavy atom. The highest BCUT2D eigenvalue weighted by Gasteiger charge is 2.26. The molecule has 2 aromatic heterocycles. The summed E-state index contributed by atoms with van der Waals surface area (Å²) in [6.45, 7) is 0. The van der Waals surface area contributed by atoms with Crippen molar-refractivity contribution in [3.05, 3.63) is 232 Å². The van der Waals surface area contributed by atoms with E-state index in [-0.39, 0.29) is 0 Å². The van der Waals surface area contributed by atoms with Crippen LogP contribution in [-0.2, 0) is 0 Å². The molecule has 0 bridgehead atoms. The van der Waals surface area contributed by atoms with Crippen LogP contribution in [-0.4, -0.2) is 17.2 Å². The van der Waals surface area contributed by atoms with Crippen molar-refractivity contribution >= 4 is 140 Å². The van der Waals surface area contributed by atoms with Crippen molar-refractivity contribution < 1.29 is 10.0 Å². The molecule has 0 fully saturated rings. The van der Waals surface area contributed by atoms with Crippen molar-refractivity contribution in [1.29, 1.82) is 0 Å². The van der Waals surface area contributed by atoms with E-state index in [1.165, 1.54) is 74.5 Å². The van der Waals surface area contributed by atoms with Gasteiger partial charge in [-0.05, 0) is 120 Å². The molecule has 4 nitrogen and oxygen atoms in total. The molecule has 0 spiro atoms. The molecule has 8 aromatic carbocycles. The lowest BCUT2D eigenvalue weighted by atomic mass is 9.90. The van der Waals surface area contributed by atoms with E-state index in [4.69, 9.17) is 10.0 Å². The minimum absolute atomic E-state index is 0.573. The maximum absolute atomic E-state index is 8.95. The number of hydrogen-bond acceptors (Lipinski definition) is 8. The van der Waals surface area contributed by atoms with Gasteiger partial charge in [0, 0.05) is 63.8 Å². The molecule has 4 heterocycles. The average Bonchev–Trinajstić information content (AvgIpc) is 4.08. The van der Waals surface area contributed by atoms with Gasteiger partial charge in [-0.1, -0.05) is 187 Å². The fourth-order valence-corrected chi connectivity index (χ4v) is 13.7. The Hall–Kier alpha value is -5.12. The third kappa shape index (κ3) is 10.4. The molecular formula is C56H38BBr3N2O2S4. The van der Waals surface area contributed by atoms with E-state index in [2.05, 4.69) is 234 Å². The van der Waals surface area contributed by atoms with Crippen LogP contribution in [0, 0.1) is 0 Å². The van der Waals surface area contributed by atoms with E-state index in [1.54, 1.807) is 6.07 Å². The Kier molecular flexibility index (Phi) is 14.6. The van der Waals surface area contributed by atoms with Crippen molar-refractivity contribution in [1.82, 2.24) is 0 Å². The van der Waals surface area contributed by atoms with Crippen molar-refractivity contribution in [3.8, 4) is 31.3 Å². The molecule has 0 saturated heterocycles. The largest absolute Gasteiger partial charge is 0.499 e. The Labute approximate surface area is 438 Å². The number of nitrogens with zero attached hydrogens (tertiary/aromatic N) is 2. The van der Waals surface area contributed by atoms with Gasteiger partial charge < -0.3 is 19.8 Å². The van der Waals surface area contributed by atoms with Crippen LogP contribution < -0.4 is 14.6 Å². The fourth-order valence-electron chi connectivity index (χ4n) is 7.98. The second-order valence-corrected chi connectivity index (χ2v) is 22.7. The molecule has 0 radical (unpaired) electrons. The average molecular weight is 1150 g/mol. The Bertz CT molecular complexity index is 3260. The van der Waals surface area contributed by atoms with Gasteiger partial charge in [0.15, 0.2) is 0 Å². The smallest absolute Gasteiger partial charge is 0.423 e. The van der Waals surface area contributed by atoms with Gasteiger partial charge >= 0.3 is 7.12 Å². The molecule has 0 unspecified atom stereocenters. The summed E-state index contributed by atoms with van der Waals surface area (Å²) in [7, 11) is -1.36. The van der Waals surface area contributed by atoms with Crippen LogP contribution in [0.2, 0.25) is 0 Å². The van der Waals surface area contributed by atoms with Crippen molar-refractivity contribution in [2.75, 3.05) is 9.80 Å². The lowest BCUT2D eigenvalue weighted by molar-refractivity contribution is 0.427. The predicted molar refractivity (Wildman–Crippen MR) is 302 cm³/mol. The van der Waals surface area contributed by atoms with Gasteiger partial charge in [0.2, 0.25) is 0 Å². The standard InChI is InChI=1S/C28H18BrNS2.C18H11Br2NS.C10H9BO2S/c29-21-16-20(26-15-14-25(31-26)19-8-2-1-3-9-19)17-22(18-21)30-23-10-4-6-12-27(23)32-28-13-7-5-11-24(28)30;19-12-9-13(20)11-14(10-12)21-15-5-1-3-7-17(15)22-18-8-4-2-6-16(18)21;12-11(13)10-7-6-9(14-10)8-4-2-1-3-5-8/h1-18H;1-11H;1-7,12-13H. The Morgan fingerprint density at radius 1 is 0.338 bits per heavy atom. The molecule has 2 aliphatic rings. The highest BCUT2D eigenvalue weighted by atomic mass is 79.9. The first-order chi connectivity index (χ1) is 33.3. The molecular weight excluding hydrogens is 1110 g/mol. The van der Waals surface area contributed by atoms with Crippen LogP contribution >= 0.6 is 94.0 Å². The van der Waals surface area contributed by atoms with Crippen molar-refractivity contribution in [3.63, 3.8) is 0 Å². The van der Waals surface area contributed by atoms with Gasteiger partial charge in [0.05, 0.1) is 22.7 Å². The number of para-hydroxylation sites is 4. The van der Waals surface area contributed by atoms with Gasteiger partial charge in [0.1, 0.15) is 0 Å².